The SMILES string of the molecule is COc1ccnc(C(=O)N[C@@H](C)C(=O)O[C@@H](C)c2ccc(-c3ccccc3)cc2)c1OC(C)=O. The van der Waals surface area contributed by atoms with Gasteiger partial charge >= 0.3 is 11.9 Å². The Kier molecular flexibility index (Phi) is 7.97. The van der Waals surface area contributed by atoms with Gasteiger partial charge in [-0.1, -0.05) is 54.6 Å². The number of benzene rings is 2. The highest BCUT2D eigenvalue weighted by atomic mass is 16.6. The molecular formula is C26H26N2O6. The van der Waals surface area contributed by atoms with E-state index >= 15 is 0 Å². The van der Waals surface area contributed by atoms with Gasteiger partial charge in [-0.15, -0.1) is 0 Å². The number of aromatic nitrogens is 1. The first kappa shape index (κ1) is 24.4. The molecule has 0 bridgehead atoms. The Morgan fingerprint density at radius 3 is 2.18 bits per heavy atom. The van der Waals surface area contributed by atoms with E-state index in [0.717, 1.165) is 16.7 Å². The Morgan fingerprint density at radius 2 is 1.56 bits per heavy atom. The molecular weight excluding hydrogens is 436 g/mol. The van der Waals surface area contributed by atoms with Crippen LogP contribution in [0.25, 0.3) is 11.1 Å². The van der Waals surface area contributed by atoms with Crippen LogP contribution in [0.1, 0.15) is 42.9 Å². The second-order valence-electron chi connectivity index (χ2n) is 7.55. The summed E-state index contributed by atoms with van der Waals surface area (Å²) in [6, 6.07) is 18.1. The normalized spacial score (nSPS) is 12.2. The predicted octanol–water partition coefficient (Wildman–Crippen LogP) is 4.11. The molecule has 8 heteroatoms. The number of hydrogen-bond donors (Lipinski definition) is 1. The third-order valence-corrected chi connectivity index (χ3v) is 5.03. The molecule has 1 heterocycles. The first-order chi connectivity index (χ1) is 16.3. The van der Waals surface area contributed by atoms with Crippen molar-refractivity contribution in [3.05, 3.63) is 78.1 Å². The van der Waals surface area contributed by atoms with Crippen molar-refractivity contribution in [2.24, 2.45) is 0 Å². The topological polar surface area (TPSA) is 104 Å². The average Bonchev–Trinajstić information content (AvgIpc) is 2.84. The maximum atomic E-state index is 12.7. The zero-order valence-corrected chi connectivity index (χ0v) is 19.4. The van der Waals surface area contributed by atoms with E-state index in [1.807, 2.05) is 54.6 Å². The zero-order valence-electron chi connectivity index (χ0n) is 19.4. The molecule has 3 rings (SSSR count). The molecule has 1 N–H and O–H groups in total. The van der Waals surface area contributed by atoms with Gasteiger partial charge in [0.1, 0.15) is 12.1 Å². The van der Waals surface area contributed by atoms with Crippen LogP contribution in [0.15, 0.2) is 66.9 Å². The van der Waals surface area contributed by atoms with Crippen LogP contribution in [-0.2, 0) is 14.3 Å². The summed E-state index contributed by atoms with van der Waals surface area (Å²) in [5.74, 6) is -1.93. The van der Waals surface area contributed by atoms with Gasteiger partial charge in [0.2, 0.25) is 5.75 Å². The first-order valence-corrected chi connectivity index (χ1v) is 10.7. The minimum atomic E-state index is -0.975. The molecule has 2 atom stereocenters. The van der Waals surface area contributed by atoms with Gasteiger partial charge in [0, 0.05) is 19.2 Å². The number of nitrogens with one attached hydrogen (secondary N) is 1. The molecule has 0 aliphatic rings. The number of rotatable bonds is 8. The molecule has 0 radical (unpaired) electrons. The van der Waals surface area contributed by atoms with Crippen molar-refractivity contribution in [1.29, 1.82) is 0 Å². The second-order valence-corrected chi connectivity index (χ2v) is 7.55. The number of carbonyl (C=O) groups is 3. The van der Waals surface area contributed by atoms with Crippen LogP contribution in [0.4, 0.5) is 0 Å². The quantitative estimate of drug-likeness (QED) is 0.503. The maximum Gasteiger partial charge on any atom is 0.328 e. The average molecular weight is 463 g/mol. The number of carbonyl (C=O) groups excluding carboxylic acids is 3. The van der Waals surface area contributed by atoms with Gasteiger partial charge in [-0.3, -0.25) is 9.59 Å². The molecule has 1 aromatic heterocycles. The van der Waals surface area contributed by atoms with Crippen LogP contribution >= 0.6 is 0 Å². The Hall–Kier alpha value is -4.20. The van der Waals surface area contributed by atoms with Crippen molar-refractivity contribution in [2.45, 2.75) is 32.9 Å². The van der Waals surface area contributed by atoms with Crippen LogP contribution < -0.4 is 14.8 Å². The lowest BCUT2D eigenvalue weighted by Crippen LogP contribution is -2.40. The van der Waals surface area contributed by atoms with Crippen LogP contribution in [0, 0.1) is 0 Å². The summed E-state index contributed by atoms with van der Waals surface area (Å²) in [7, 11) is 1.37. The maximum absolute atomic E-state index is 12.7. The van der Waals surface area contributed by atoms with E-state index in [2.05, 4.69) is 10.3 Å². The van der Waals surface area contributed by atoms with Crippen molar-refractivity contribution >= 4 is 17.8 Å². The molecule has 3 aromatic rings. The van der Waals surface area contributed by atoms with Gasteiger partial charge in [0.25, 0.3) is 5.91 Å². The van der Waals surface area contributed by atoms with E-state index in [0.29, 0.717) is 0 Å². The lowest BCUT2D eigenvalue weighted by atomic mass is 10.0. The summed E-state index contributed by atoms with van der Waals surface area (Å²) in [4.78, 5) is 40.7. The number of nitrogens with zero attached hydrogens (tertiary/aromatic N) is 1. The van der Waals surface area contributed by atoms with Gasteiger partial charge in [-0.25, -0.2) is 9.78 Å². The molecule has 0 fully saturated rings. The minimum Gasteiger partial charge on any atom is -0.493 e. The van der Waals surface area contributed by atoms with Crippen molar-refractivity contribution in [2.75, 3.05) is 7.11 Å². The molecule has 1 amide bonds. The van der Waals surface area contributed by atoms with Crippen LogP contribution in [0.5, 0.6) is 11.5 Å². The summed E-state index contributed by atoms with van der Waals surface area (Å²) in [5, 5.41) is 2.53. The monoisotopic (exact) mass is 462 g/mol. The molecule has 0 saturated heterocycles. The van der Waals surface area contributed by atoms with E-state index in [-0.39, 0.29) is 17.2 Å². The molecule has 0 unspecified atom stereocenters. The summed E-state index contributed by atoms with van der Waals surface area (Å²) < 4.78 is 15.8. The molecule has 8 nitrogen and oxygen atoms in total. The molecule has 0 saturated carbocycles. The fourth-order valence-electron chi connectivity index (χ4n) is 3.24. The van der Waals surface area contributed by atoms with Crippen LogP contribution in [0.3, 0.4) is 0 Å². The lowest BCUT2D eigenvalue weighted by Gasteiger charge is -2.19. The van der Waals surface area contributed by atoms with Gasteiger partial charge < -0.3 is 19.5 Å². The van der Waals surface area contributed by atoms with Crippen molar-refractivity contribution in [3.63, 3.8) is 0 Å². The molecule has 0 aliphatic carbocycles. The molecule has 0 spiro atoms. The van der Waals surface area contributed by atoms with E-state index in [1.54, 1.807) is 6.92 Å². The Balaban J connectivity index is 1.65. The van der Waals surface area contributed by atoms with E-state index < -0.39 is 30.0 Å². The Labute approximate surface area is 197 Å². The Morgan fingerprint density at radius 1 is 0.912 bits per heavy atom. The van der Waals surface area contributed by atoms with Gasteiger partial charge in [-0.2, -0.15) is 0 Å². The van der Waals surface area contributed by atoms with Crippen molar-refractivity contribution in [3.8, 4) is 22.6 Å². The number of methoxy groups -OCH3 is 1. The fourth-order valence-corrected chi connectivity index (χ4v) is 3.24. The minimum absolute atomic E-state index is 0.123. The Bertz CT molecular complexity index is 1160. The molecule has 34 heavy (non-hydrogen) atoms. The molecule has 2 aromatic carbocycles. The number of esters is 2. The zero-order chi connectivity index (χ0) is 24.7. The molecule has 0 aliphatic heterocycles. The first-order valence-electron chi connectivity index (χ1n) is 10.7. The van der Waals surface area contributed by atoms with Gasteiger partial charge in [0.05, 0.1) is 7.11 Å². The number of ether oxygens (including phenoxy) is 3. The molecule has 176 valence electrons. The summed E-state index contributed by atoms with van der Waals surface area (Å²) in [6.45, 7) is 4.45. The number of pyridine rings is 1. The highest BCUT2D eigenvalue weighted by Crippen LogP contribution is 2.30. The van der Waals surface area contributed by atoms with E-state index in [1.165, 1.54) is 33.2 Å². The van der Waals surface area contributed by atoms with Gasteiger partial charge in [0.15, 0.2) is 11.4 Å². The fraction of sp³-hybridized carbons (Fsp3) is 0.231. The summed E-state index contributed by atoms with van der Waals surface area (Å²) in [5.41, 5.74) is 2.78. The smallest absolute Gasteiger partial charge is 0.328 e. The van der Waals surface area contributed by atoms with E-state index in [9.17, 15) is 14.4 Å². The van der Waals surface area contributed by atoms with Crippen molar-refractivity contribution < 1.29 is 28.6 Å². The van der Waals surface area contributed by atoms with Crippen LogP contribution in [-0.4, -0.2) is 36.0 Å². The van der Waals surface area contributed by atoms with Gasteiger partial charge in [-0.05, 0) is 30.5 Å². The number of hydrogen-bond acceptors (Lipinski definition) is 7. The summed E-state index contributed by atoms with van der Waals surface area (Å²) >= 11 is 0. The number of amides is 1. The van der Waals surface area contributed by atoms with E-state index in [4.69, 9.17) is 14.2 Å². The lowest BCUT2D eigenvalue weighted by molar-refractivity contribution is -0.150. The highest BCUT2D eigenvalue weighted by Gasteiger charge is 2.25. The summed E-state index contributed by atoms with van der Waals surface area (Å²) in [6.07, 6.45) is 0.813. The standard InChI is InChI=1S/C26H26N2O6/c1-16(28-25(30)23-24(34-18(3)29)22(32-4)14-15-27-23)26(31)33-17(2)19-10-12-21(13-11-19)20-8-6-5-7-9-20/h5-17H,1-4H3,(H,28,30)/t16-,17-/m0/s1. The third kappa shape index (κ3) is 5.98. The largest absolute Gasteiger partial charge is 0.493 e. The predicted molar refractivity (Wildman–Crippen MR) is 125 cm³/mol. The second kappa shape index (κ2) is 11.1. The highest BCUT2D eigenvalue weighted by molar-refractivity contribution is 5.98. The van der Waals surface area contributed by atoms with Crippen LogP contribution in [0.2, 0.25) is 0 Å². The third-order valence-electron chi connectivity index (χ3n) is 5.03. The van der Waals surface area contributed by atoms with Crippen molar-refractivity contribution in [1.82, 2.24) is 10.3 Å².